The number of rotatable bonds is 9. The summed E-state index contributed by atoms with van der Waals surface area (Å²) in [4.78, 5) is 24.2. The average Bonchev–Trinajstić information content (AvgIpc) is 1.52. The minimum absolute atomic E-state index is 0.462. The Labute approximate surface area is 576 Å². The minimum Gasteiger partial charge on any atom is -0.308 e. The highest BCUT2D eigenvalue weighted by atomic mass is 15.1. The molecule has 0 unspecified atom stereocenters. The molecule has 0 radical (unpaired) electrons. The van der Waals surface area contributed by atoms with Crippen LogP contribution >= 0.6 is 0 Å². The van der Waals surface area contributed by atoms with Crippen molar-refractivity contribution >= 4 is 60.7 Å². The van der Waals surface area contributed by atoms with Gasteiger partial charge in [-0.15, -0.1) is 0 Å². The highest BCUT2D eigenvalue weighted by molar-refractivity contribution is 6.11. The largest absolute Gasteiger partial charge is 0.308 e. The molecule has 9 heteroatoms. The Morgan fingerprint density at radius 2 is 0.700 bits per heavy atom. The van der Waals surface area contributed by atoms with Crippen LogP contribution in [0.25, 0.3) is 123 Å². The van der Waals surface area contributed by atoms with Crippen LogP contribution in [0.15, 0.2) is 359 Å². The first-order valence-corrected chi connectivity index (χ1v) is 33.9. The first kappa shape index (κ1) is 56.9. The number of imidazole rings is 2. The van der Waals surface area contributed by atoms with E-state index >= 15 is 0 Å². The molecule has 468 valence electrons. The van der Waals surface area contributed by atoms with Gasteiger partial charge in [0, 0.05) is 69.9 Å². The van der Waals surface area contributed by atoms with Gasteiger partial charge in [0.1, 0.15) is 5.82 Å². The molecular weight excluding hydrogens is 1220 g/mol. The zero-order valence-electron chi connectivity index (χ0n) is 54.1. The molecule has 21 rings (SSSR count). The van der Waals surface area contributed by atoms with Crippen LogP contribution in [0.4, 0.5) is 0 Å². The van der Waals surface area contributed by atoms with Crippen LogP contribution in [-0.2, 0) is 10.8 Å². The molecule has 0 aliphatic heterocycles. The summed E-state index contributed by atoms with van der Waals surface area (Å²) in [5.74, 6) is 1.62. The van der Waals surface area contributed by atoms with Crippen LogP contribution in [0.1, 0.15) is 44.5 Å². The third-order valence-corrected chi connectivity index (χ3v) is 20.8. The van der Waals surface area contributed by atoms with Crippen LogP contribution in [0.3, 0.4) is 0 Å². The first-order valence-electron chi connectivity index (χ1n) is 33.9. The molecule has 0 N–H and O–H groups in total. The lowest BCUT2D eigenvalue weighted by molar-refractivity contribution is 0.769. The Hall–Kier alpha value is -13.4. The van der Waals surface area contributed by atoms with Crippen LogP contribution in [0, 0.1) is 0 Å². The lowest BCUT2D eigenvalue weighted by Gasteiger charge is -2.33. The summed E-state index contributed by atoms with van der Waals surface area (Å²) in [6, 6.07) is 118. The van der Waals surface area contributed by atoms with Crippen LogP contribution in [-0.4, -0.2) is 43.0 Å². The molecule has 0 bridgehead atoms. The van der Waals surface area contributed by atoms with E-state index in [4.69, 9.17) is 19.9 Å². The molecule has 0 atom stereocenters. The van der Waals surface area contributed by atoms with E-state index in [0.29, 0.717) is 5.78 Å². The topological polar surface area (TPSA) is 83.7 Å². The molecule has 2 aliphatic carbocycles. The third kappa shape index (κ3) is 8.45. The summed E-state index contributed by atoms with van der Waals surface area (Å²) in [5, 5.41) is 2.28. The van der Waals surface area contributed by atoms with Crippen molar-refractivity contribution in [3.05, 3.63) is 403 Å². The van der Waals surface area contributed by atoms with Gasteiger partial charge in [0.25, 0.3) is 0 Å². The normalized spacial score (nSPS) is 13.2. The first-order chi connectivity index (χ1) is 49.6. The molecular formula is C91H59N9. The maximum absolute atomic E-state index is 5.07. The molecule has 19 aromatic rings. The van der Waals surface area contributed by atoms with Crippen molar-refractivity contribution in [1.29, 1.82) is 0 Å². The Kier molecular flexibility index (Phi) is 12.9. The fraction of sp³-hybridized carbons (Fsp3) is 0.0220. The van der Waals surface area contributed by atoms with Crippen molar-refractivity contribution in [3.8, 4) is 62.0 Å². The summed E-state index contributed by atoms with van der Waals surface area (Å²) in [5.41, 5.74) is 29.0. The van der Waals surface area contributed by atoms with Crippen LogP contribution < -0.4 is 0 Å². The highest BCUT2D eigenvalue weighted by Gasteiger charge is 2.48. The van der Waals surface area contributed by atoms with Gasteiger partial charge in [0.05, 0.1) is 60.7 Å². The number of fused-ring (bicyclic) bond motifs is 14. The van der Waals surface area contributed by atoms with Crippen molar-refractivity contribution in [3.63, 3.8) is 0 Å². The third-order valence-electron chi connectivity index (χ3n) is 20.8. The van der Waals surface area contributed by atoms with E-state index in [9.17, 15) is 0 Å². The fourth-order valence-corrected chi connectivity index (χ4v) is 16.7. The van der Waals surface area contributed by atoms with Gasteiger partial charge in [-0.05, 0) is 170 Å². The van der Waals surface area contributed by atoms with Crippen molar-refractivity contribution in [2.45, 2.75) is 10.8 Å². The molecule has 9 nitrogen and oxygen atoms in total. The van der Waals surface area contributed by atoms with E-state index in [-0.39, 0.29) is 0 Å². The van der Waals surface area contributed by atoms with Gasteiger partial charge < -0.3 is 9.13 Å². The van der Waals surface area contributed by atoms with E-state index in [1.54, 1.807) is 6.20 Å². The lowest BCUT2D eigenvalue weighted by Crippen LogP contribution is -2.28. The Morgan fingerprint density at radius 1 is 0.280 bits per heavy atom. The number of pyridine rings is 2. The summed E-state index contributed by atoms with van der Waals surface area (Å²) in [6.45, 7) is 0. The van der Waals surface area contributed by atoms with Crippen molar-refractivity contribution in [2.75, 3.05) is 0 Å². The van der Waals surface area contributed by atoms with E-state index in [2.05, 4.69) is 316 Å². The molecule has 7 heterocycles. The number of para-hydroxylation sites is 2. The number of nitrogens with zero attached hydrogens (tertiary/aromatic N) is 9. The van der Waals surface area contributed by atoms with Gasteiger partial charge >= 0.3 is 0 Å². The molecule has 0 saturated carbocycles. The molecule has 12 aromatic carbocycles. The fourth-order valence-electron chi connectivity index (χ4n) is 16.7. The SMILES string of the molecule is c1ccc(-c2nc3ccccc3n2-c2ccc(-n3c4cc5c(cc4c4ncccc43)C(c3ccccc3)(c3ccccc3)c3ccccc3-5)cc2)cc1.c1ccc(C2(c3ccccc3)c3ccccc3-c3cc4c(cc32)c2ncccc2n4-c2ccc(-c3cn4cccnc4n3)cc2)cc1. The van der Waals surface area contributed by atoms with E-state index in [1.807, 2.05) is 59.5 Å². The van der Waals surface area contributed by atoms with Crippen molar-refractivity contribution < 1.29 is 0 Å². The van der Waals surface area contributed by atoms with E-state index < -0.39 is 10.8 Å². The molecule has 0 saturated heterocycles. The second-order valence-corrected chi connectivity index (χ2v) is 25.9. The number of hydrogen-bond donors (Lipinski definition) is 0. The van der Waals surface area contributed by atoms with Crippen LogP contribution in [0.2, 0.25) is 0 Å². The van der Waals surface area contributed by atoms with E-state index in [1.165, 1.54) is 66.8 Å². The summed E-state index contributed by atoms with van der Waals surface area (Å²) >= 11 is 0. The van der Waals surface area contributed by atoms with Gasteiger partial charge in [-0.2, -0.15) is 0 Å². The molecule has 0 fully saturated rings. The van der Waals surface area contributed by atoms with Crippen LogP contribution in [0.5, 0.6) is 0 Å². The van der Waals surface area contributed by atoms with Crippen molar-refractivity contribution in [2.24, 2.45) is 0 Å². The molecule has 7 aromatic heterocycles. The Balaban J connectivity index is 0.000000136. The highest BCUT2D eigenvalue weighted by Crippen LogP contribution is 2.59. The second kappa shape index (κ2) is 22.6. The van der Waals surface area contributed by atoms with Gasteiger partial charge in [0.2, 0.25) is 5.78 Å². The quantitative estimate of drug-likeness (QED) is 0.144. The van der Waals surface area contributed by atoms with Gasteiger partial charge in [-0.1, -0.05) is 224 Å². The van der Waals surface area contributed by atoms with E-state index in [0.717, 1.165) is 94.6 Å². The zero-order chi connectivity index (χ0) is 65.9. The maximum Gasteiger partial charge on any atom is 0.234 e. The predicted molar refractivity (Wildman–Crippen MR) is 404 cm³/mol. The molecule has 0 amide bonds. The summed E-state index contributed by atoms with van der Waals surface area (Å²) in [7, 11) is 0. The smallest absolute Gasteiger partial charge is 0.234 e. The van der Waals surface area contributed by atoms with Gasteiger partial charge in [0.15, 0.2) is 0 Å². The number of aromatic nitrogens is 9. The number of benzene rings is 12. The molecule has 0 spiro atoms. The van der Waals surface area contributed by atoms with Gasteiger partial charge in [-0.3, -0.25) is 18.9 Å². The monoisotopic (exact) mass is 1280 g/mol. The summed E-state index contributed by atoms with van der Waals surface area (Å²) in [6.07, 6.45) is 9.57. The maximum atomic E-state index is 5.07. The molecule has 100 heavy (non-hydrogen) atoms. The number of hydrogen-bond acceptors (Lipinski definition) is 5. The van der Waals surface area contributed by atoms with Gasteiger partial charge in [-0.25, -0.2) is 15.0 Å². The Morgan fingerprint density at radius 3 is 1.20 bits per heavy atom. The molecule has 2 aliphatic rings. The Bertz CT molecular complexity index is 6260. The minimum atomic E-state index is -0.475. The lowest BCUT2D eigenvalue weighted by atomic mass is 9.67. The standard InChI is InChI=1S/C49H32N4.C42H27N5/c1-4-15-33(16-5-1)48-51-43-23-12-13-24-44(43)53(48)37-28-26-36(27-29-37)52-45-25-14-30-50-47(45)40-31-42-39(32-46(40)52)38-21-10-11-22-41(38)49(42,34-17-6-2-7-18-34)35-19-8-3-9-20-35;1-3-11-29(12-4-1)42(30-13-5-2-6-14-30)35-16-8-7-15-32(35)33-26-39-34(25-36(33)42)40-38(17-9-22-43-40)47(39)31-20-18-28(19-21-31)37-27-46-24-10-23-44-41(46)45-37/h1-32H;1-27H. The predicted octanol–water partition coefficient (Wildman–Crippen LogP) is 20.8. The zero-order valence-corrected chi connectivity index (χ0v) is 54.1. The summed E-state index contributed by atoms with van der Waals surface area (Å²) < 4.78 is 8.93. The average molecular weight is 1280 g/mol. The second-order valence-electron chi connectivity index (χ2n) is 25.9. The van der Waals surface area contributed by atoms with Crippen molar-refractivity contribution in [1.82, 2.24) is 43.0 Å².